The maximum Gasteiger partial charge on any atom is 0.329 e. The Morgan fingerprint density at radius 3 is 2.21 bits per heavy atom. The lowest BCUT2D eigenvalue weighted by molar-refractivity contribution is -0.159. The Kier molecular flexibility index (Phi) is 5.65. The lowest BCUT2D eigenvalue weighted by Crippen LogP contribution is -2.47. The number of likely N-dealkylation sites (tertiary alicyclic amines) is 1. The van der Waals surface area contributed by atoms with E-state index < -0.39 is 24.4 Å². The van der Waals surface area contributed by atoms with Crippen molar-refractivity contribution in [2.24, 2.45) is 41.4 Å². The molecule has 0 spiro atoms. The third-order valence-electron chi connectivity index (χ3n) is 7.55. The predicted molar refractivity (Wildman–Crippen MR) is 122 cm³/mol. The second kappa shape index (κ2) is 8.24. The molecule has 2 saturated carbocycles. The molecule has 0 N–H and O–H groups in total. The number of nitrogens with zero attached hydrogens (tertiary/aromatic N) is 1. The van der Waals surface area contributed by atoms with Crippen LogP contribution in [-0.2, 0) is 19.1 Å². The number of ether oxygens (including phenoxy) is 1. The summed E-state index contributed by atoms with van der Waals surface area (Å²) >= 11 is 12.0. The molecular weight excluding hydrogens is 465 g/mol. The van der Waals surface area contributed by atoms with E-state index in [9.17, 15) is 19.2 Å². The molecule has 2 amide bonds. The van der Waals surface area contributed by atoms with Crippen molar-refractivity contribution in [2.45, 2.75) is 32.7 Å². The molecule has 6 rings (SSSR count). The normalized spacial score (nSPS) is 32.1. The van der Waals surface area contributed by atoms with Gasteiger partial charge in [0.1, 0.15) is 6.04 Å². The van der Waals surface area contributed by atoms with Crippen molar-refractivity contribution in [2.75, 3.05) is 6.61 Å². The van der Waals surface area contributed by atoms with Crippen LogP contribution in [0.2, 0.25) is 10.0 Å². The molecular formula is C25H25Cl2NO5. The first-order valence-electron chi connectivity index (χ1n) is 11.4. The highest BCUT2D eigenvalue weighted by Gasteiger charge is 2.68. The molecule has 3 fully saturated rings. The fourth-order valence-corrected chi connectivity index (χ4v) is 6.58. The molecule has 5 aliphatic rings. The number of Topliss-reactive ketones (excluding diaryl/α,β-unsaturated/α-hetero) is 1. The highest BCUT2D eigenvalue weighted by atomic mass is 35.5. The van der Waals surface area contributed by atoms with Gasteiger partial charge in [0, 0.05) is 10.6 Å². The van der Waals surface area contributed by atoms with E-state index in [4.69, 9.17) is 27.9 Å². The van der Waals surface area contributed by atoms with Crippen LogP contribution in [0.3, 0.4) is 0 Å². The first kappa shape index (κ1) is 22.6. The minimum Gasteiger partial charge on any atom is -0.456 e. The van der Waals surface area contributed by atoms with Gasteiger partial charge < -0.3 is 4.74 Å². The van der Waals surface area contributed by atoms with Crippen molar-refractivity contribution in [1.29, 1.82) is 0 Å². The number of amides is 2. The number of hydrogen-bond acceptors (Lipinski definition) is 5. The van der Waals surface area contributed by atoms with E-state index in [1.807, 2.05) is 13.8 Å². The molecule has 0 unspecified atom stereocenters. The third kappa shape index (κ3) is 3.71. The van der Waals surface area contributed by atoms with Crippen LogP contribution in [0.1, 0.15) is 37.0 Å². The number of benzene rings is 1. The molecule has 8 heteroatoms. The second-order valence-corrected chi connectivity index (χ2v) is 10.8. The highest BCUT2D eigenvalue weighted by Crippen LogP contribution is 2.65. The van der Waals surface area contributed by atoms with Crippen molar-refractivity contribution >= 4 is 46.8 Å². The molecule has 7 atom stereocenters. The molecule has 0 radical (unpaired) electrons. The minimum atomic E-state index is -1.04. The fourth-order valence-electron chi connectivity index (χ4n) is 6.07. The zero-order valence-electron chi connectivity index (χ0n) is 18.4. The van der Waals surface area contributed by atoms with Crippen molar-refractivity contribution in [1.82, 2.24) is 4.90 Å². The summed E-state index contributed by atoms with van der Waals surface area (Å²) in [6, 6.07) is 3.40. The molecule has 0 aromatic heterocycles. The van der Waals surface area contributed by atoms with Crippen LogP contribution in [-0.4, -0.2) is 41.1 Å². The van der Waals surface area contributed by atoms with E-state index >= 15 is 0 Å². The van der Waals surface area contributed by atoms with Crippen LogP contribution in [0.5, 0.6) is 0 Å². The highest BCUT2D eigenvalue weighted by molar-refractivity contribution is 6.36. The number of carbonyl (C=O) groups is 4. The van der Waals surface area contributed by atoms with Crippen LogP contribution >= 0.6 is 23.2 Å². The topological polar surface area (TPSA) is 80.8 Å². The first-order chi connectivity index (χ1) is 15.7. The van der Waals surface area contributed by atoms with Gasteiger partial charge in [0.15, 0.2) is 6.61 Å². The summed E-state index contributed by atoms with van der Waals surface area (Å²) in [5.74, 6) is -1.38. The van der Waals surface area contributed by atoms with E-state index in [0.29, 0.717) is 16.9 Å². The standard InChI is InChI=1S/C25H25Cl2NO5/c1-11(2)7-19(25(32)33-10-20(29)15-4-3-12(26)8-18(15)27)28-23(30)21-13-5-6-14(17-9-16(13)17)22(21)24(28)31/h3-6,8,11,13-14,16-17,19,21-22H,7,9-10H2,1-2H3/t13-,14-,16-,17+,19+,21+,22+/m0/s1. The van der Waals surface area contributed by atoms with E-state index in [1.165, 1.54) is 18.2 Å². The molecule has 174 valence electrons. The number of esters is 1. The van der Waals surface area contributed by atoms with Crippen molar-refractivity contribution in [3.8, 4) is 0 Å². The summed E-state index contributed by atoms with van der Waals surface area (Å²) < 4.78 is 5.33. The van der Waals surface area contributed by atoms with Crippen molar-refractivity contribution < 1.29 is 23.9 Å². The number of allylic oxidation sites excluding steroid dienone is 2. The number of ketones is 1. The van der Waals surface area contributed by atoms with E-state index in [-0.39, 0.29) is 58.4 Å². The number of imide groups is 1. The summed E-state index contributed by atoms with van der Waals surface area (Å²) in [6.07, 6.45) is 5.54. The Morgan fingerprint density at radius 2 is 1.67 bits per heavy atom. The minimum absolute atomic E-state index is 0.0374. The van der Waals surface area contributed by atoms with Crippen LogP contribution in [0.4, 0.5) is 0 Å². The van der Waals surface area contributed by atoms with Gasteiger partial charge in [-0.3, -0.25) is 19.3 Å². The quantitative estimate of drug-likeness (QED) is 0.248. The Labute approximate surface area is 202 Å². The molecule has 1 heterocycles. The Bertz CT molecular complexity index is 1050. The summed E-state index contributed by atoms with van der Waals surface area (Å²) in [7, 11) is 0. The Hall–Kier alpha value is -2.18. The van der Waals surface area contributed by atoms with Gasteiger partial charge in [0.05, 0.1) is 16.9 Å². The molecule has 1 saturated heterocycles. The van der Waals surface area contributed by atoms with Gasteiger partial charge in [-0.2, -0.15) is 0 Å². The van der Waals surface area contributed by atoms with Crippen LogP contribution < -0.4 is 0 Å². The Balaban J connectivity index is 1.33. The van der Waals surface area contributed by atoms with Crippen LogP contribution in [0, 0.1) is 41.4 Å². The molecule has 1 aromatic carbocycles. The number of carbonyl (C=O) groups excluding carboxylic acids is 4. The van der Waals surface area contributed by atoms with Crippen LogP contribution in [0.15, 0.2) is 30.4 Å². The predicted octanol–water partition coefficient (Wildman–Crippen LogP) is 4.19. The summed E-state index contributed by atoms with van der Waals surface area (Å²) in [5.41, 5.74) is 0.190. The van der Waals surface area contributed by atoms with E-state index in [1.54, 1.807) is 0 Å². The molecule has 6 nitrogen and oxygen atoms in total. The van der Waals surface area contributed by atoms with Gasteiger partial charge in [-0.15, -0.1) is 0 Å². The largest absolute Gasteiger partial charge is 0.456 e. The Morgan fingerprint density at radius 1 is 1.06 bits per heavy atom. The van der Waals surface area contributed by atoms with Gasteiger partial charge in [0.25, 0.3) is 0 Å². The third-order valence-corrected chi connectivity index (χ3v) is 8.10. The average Bonchev–Trinajstić information content (AvgIpc) is 3.54. The molecule has 1 aliphatic heterocycles. The molecule has 4 aliphatic carbocycles. The lowest BCUT2D eigenvalue weighted by atomic mass is 9.63. The van der Waals surface area contributed by atoms with Crippen molar-refractivity contribution in [3.05, 3.63) is 46.0 Å². The van der Waals surface area contributed by atoms with Gasteiger partial charge in [0.2, 0.25) is 17.6 Å². The average molecular weight is 490 g/mol. The summed E-state index contributed by atoms with van der Waals surface area (Å²) in [4.78, 5) is 53.7. The zero-order chi connectivity index (χ0) is 23.6. The SMILES string of the molecule is CC(C)C[C@H](C(=O)OCC(=O)c1ccc(Cl)cc1Cl)N1C(=O)[C@@H]2[C@H]3C=C[C@@H]([C@@H]4C[C@H]34)[C@H]2C1=O. The zero-order valence-corrected chi connectivity index (χ0v) is 19.9. The maximum atomic E-state index is 13.4. The first-order valence-corrected chi connectivity index (χ1v) is 12.1. The number of halogens is 2. The monoisotopic (exact) mass is 489 g/mol. The van der Waals surface area contributed by atoms with Gasteiger partial charge in [-0.05, 0) is 60.6 Å². The summed E-state index contributed by atoms with van der Waals surface area (Å²) in [5, 5.41) is 0.553. The summed E-state index contributed by atoms with van der Waals surface area (Å²) in [6.45, 7) is 3.30. The van der Waals surface area contributed by atoms with E-state index in [2.05, 4.69) is 12.2 Å². The van der Waals surface area contributed by atoms with E-state index in [0.717, 1.165) is 11.3 Å². The number of rotatable bonds is 7. The fraction of sp³-hybridized carbons (Fsp3) is 0.520. The molecule has 2 bridgehead atoms. The maximum absolute atomic E-state index is 13.4. The van der Waals surface area contributed by atoms with Crippen LogP contribution in [0.25, 0.3) is 0 Å². The van der Waals surface area contributed by atoms with Gasteiger partial charge >= 0.3 is 5.97 Å². The smallest absolute Gasteiger partial charge is 0.329 e. The second-order valence-electron chi connectivity index (χ2n) is 10.0. The molecule has 33 heavy (non-hydrogen) atoms. The lowest BCUT2D eigenvalue weighted by Gasteiger charge is -2.37. The number of hydrogen-bond donors (Lipinski definition) is 0. The van der Waals surface area contributed by atoms with Gasteiger partial charge in [-0.25, -0.2) is 4.79 Å². The molecule has 1 aromatic rings. The van der Waals surface area contributed by atoms with Crippen molar-refractivity contribution in [3.63, 3.8) is 0 Å². The van der Waals surface area contributed by atoms with Gasteiger partial charge in [-0.1, -0.05) is 49.2 Å².